The number of rotatable bonds is 2. The van der Waals surface area contributed by atoms with Crippen LogP contribution in [0.1, 0.15) is 31.2 Å². The van der Waals surface area contributed by atoms with Crippen LogP contribution in [-0.4, -0.2) is 16.7 Å². The summed E-state index contributed by atoms with van der Waals surface area (Å²) in [5.41, 5.74) is 8.75. The molecule has 2 aromatic rings. The third-order valence-corrected chi connectivity index (χ3v) is 4.00. The average Bonchev–Trinajstić information content (AvgIpc) is 2.98. The van der Waals surface area contributed by atoms with Gasteiger partial charge in [-0.3, -0.25) is 5.10 Å². The van der Waals surface area contributed by atoms with Crippen molar-refractivity contribution in [1.82, 2.24) is 10.2 Å². The molecule has 3 N–H and O–H groups in total. The molecule has 0 spiro atoms. The summed E-state index contributed by atoms with van der Waals surface area (Å²) in [5, 5.41) is 8.44. The Kier molecular flexibility index (Phi) is 2.21. The Balaban J connectivity index is 2.20. The molecule has 1 saturated carbocycles. The van der Waals surface area contributed by atoms with Crippen LogP contribution in [0.15, 0.2) is 24.4 Å². The summed E-state index contributed by atoms with van der Waals surface area (Å²) in [6, 6.07) is 6.42. The van der Waals surface area contributed by atoms with E-state index in [1.807, 2.05) is 6.20 Å². The van der Waals surface area contributed by atoms with Crippen molar-refractivity contribution in [2.24, 2.45) is 5.73 Å². The summed E-state index contributed by atoms with van der Waals surface area (Å²) in [4.78, 5) is 0. The molecule has 1 fully saturated rings. The van der Waals surface area contributed by atoms with Gasteiger partial charge in [-0.2, -0.15) is 5.10 Å². The van der Waals surface area contributed by atoms with E-state index in [1.54, 1.807) is 0 Å². The molecule has 0 bridgehead atoms. The predicted octanol–water partition coefficient (Wildman–Crippen LogP) is 2.33. The normalized spacial score (nSPS) is 19.3. The fourth-order valence-electron chi connectivity index (χ4n) is 3.05. The van der Waals surface area contributed by atoms with E-state index in [-0.39, 0.29) is 5.41 Å². The Morgan fingerprint density at radius 3 is 2.88 bits per heavy atom. The minimum atomic E-state index is 0.187. The molecule has 16 heavy (non-hydrogen) atoms. The minimum Gasteiger partial charge on any atom is -0.330 e. The zero-order chi connectivity index (χ0) is 11.0. The third-order valence-electron chi connectivity index (χ3n) is 4.00. The van der Waals surface area contributed by atoms with Crippen LogP contribution >= 0.6 is 0 Å². The topological polar surface area (TPSA) is 54.7 Å². The van der Waals surface area contributed by atoms with Crippen molar-refractivity contribution in [3.05, 3.63) is 30.0 Å². The van der Waals surface area contributed by atoms with Crippen molar-refractivity contribution in [3.8, 4) is 0 Å². The van der Waals surface area contributed by atoms with Crippen molar-refractivity contribution in [3.63, 3.8) is 0 Å². The first kappa shape index (κ1) is 9.85. The Morgan fingerprint density at radius 1 is 1.31 bits per heavy atom. The highest BCUT2D eigenvalue weighted by molar-refractivity contribution is 5.82. The number of para-hydroxylation sites is 1. The Hall–Kier alpha value is -1.35. The zero-order valence-electron chi connectivity index (χ0n) is 9.37. The van der Waals surface area contributed by atoms with Crippen LogP contribution in [0.5, 0.6) is 0 Å². The quantitative estimate of drug-likeness (QED) is 0.807. The molecule has 0 unspecified atom stereocenters. The fraction of sp³-hybridized carbons (Fsp3) is 0.462. The van der Waals surface area contributed by atoms with Gasteiger partial charge in [0.1, 0.15) is 0 Å². The molecule has 3 rings (SSSR count). The second-order valence-electron chi connectivity index (χ2n) is 4.83. The van der Waals surface area contributed by atoms with Crippen LogP contribution in [0.3, 0.4) is 0 Å². The molecule has 0 amide bonds. The lowest BCUT2D eigenvalue weighted by Gasteiger charge is -2.28. The van der Waals surface area contributed by atoms with E-state index in [2.05, 4.69) is 28.4 Å². The number of hydrogen-bond acceptors (Lipinski definition) is 2. The van der Waals surface area contributed by atoms with Crippen LogP contribution in [0.25, 0.3) is 10.9 Å². The number of nitrogens with one attached hydrogen (secondary N) is 1. The molecule has 1 aromatic heterocycles. The summed E-state index contributed by atoms with van der Waals surface area (Å²) >= 11 is 0. The number of aromatic amines is 1. The van der Waals surface area contributed by atoms with Gasteiger partial charge in [0.05, 0.1) is 11.7 Å². The summed E-state index contributed by atoms with van der Waals surface area (Å²) in [7, 11) is 0. The number of fused-ring (bicyclic) bond motifs is 1. The third kappa shape index (κ3) is 1.28. The predicted molar refractivity (Wildman–Crippen MR) is 65.3 cm³/mol. The van der Waals surface area contributed by atoms with E-state index in [4.69, 9.17) is 5.73 Å². The zero-order valence-corrected chi connectivity index (χ0v) is 9.37. The van der Waals surface area contributed by atoms with E-state index in [0.717, 1.165) is 6.54 Å². The molecule has 0 aliphatic heterocycles. The van der Waals surface area contributed by atoms with Crippen molar-refractivity contribution in [2.75, 3.05) is 6.54 Å². The molecule has 0 radical (unpaired) electrons. The first-order valence-corrected chi connectivity index (χ1v) is 5.98. The average molecular weight is 215 g/mol. The maximum Gasteiger partial charge on any atom is 0.0688 e. The molecule has 0 atom stereocenters. The maximum absolute atomic E-state index is 6.03. The molecular weight excluding hydrogens is 198 g/mol. The smallest absolute Gasteiger partial charge is 0.0688 e. The largest absolute Gasteiger partial charge is 0.330 e. The Bertz CT molecular complexity index is 495. The second kappa shape index (κ2) is 3.59. The van der Waals surface area contributed by atoms with E-state index < -0.39 is 0 Å². The van der Waals surface area contributed by atoms with Gasteiger partial charge < -0.3 is 5.73 Å². The lowest BCUT2D eigenvalue weighted by Crippen LogP contribution is -2.32. The van der Waals surface area contributed by atoms with Crippen molar-refractivity contribution in [2.45, 2.75) is 31.1 Å². The number of nitrogens with two attached hydrogens (primary N) is 1. The van der Waals surface area contributed by atoms with Gasteiger partial charge in [-0.1, -0.05) is 31.0 Å². The SMILES string of the molecule is NCC1(c2cccc3cn[nH]c23)CCCC1. The van der Waals surface area contributed by atoms with Crippen LogP contribution in [-0.2, 0) is 5.41 Å². The van der Waals surface area contributed by atoms with E-state index in [9.17, 15) is 0 Å². The van der Waals surface area contributed by atoms with Gasteiger partial charge in [0.2, 0.25) is 0 Å². The Labute approximate surface area is 95.0 Å². The Morgan fingerprint density at radius 2 is 2.12 bits per heavy atom. The second-order valence-corrected chi connectivity index (χ2v) is 4.83. The maximum atomic E-state index is 6.03. The summed E-state index contributed by atoms with van der Waals surface area (Å²) in [5.74, 6) is 0. The standard InChI is InChI=1S/C13H17N3/c14-9-13(6-1-2-7-13)11-5-3-4-10-8-15-16-12(10)11/h3-5,8H,1-2,6-7,9,14H2,(H,15,16). The molecule has 3 nitrogen and oxygen atoms in total. The van der Waals surface area contributed by atoms with Crippen LogP contribution in [0, 0.1) is 0 Å². The minimum absolute atomic E-state index is 0.187. The van der Waals surface area contributed by atoms with Gasteiger partial charge in [-0.15, -0.1) is 0 Å². The number of H-pyrrole nitrogens is 1. The highest BCUT2D eigenvalue weighted by Gasteiger charge is 2.35. The van der Waals surface area contributed by atoms with Gasteiger partial charge in [0.15, 0.2) is 0 Å². The molecule has 1 heterocycles. The summed E-state index contributed by atoms with van der Waals surface area (Å²) in [6.07, 6.45) is 6.89. The number of benzene rings is 1. The van der Waals surface area contributed by atoms with Crippen molar-refractivity contribution >= 4 is 10.9 Å². The van der Waals surface area contributed by atoms with E-state index in [0.29, 0.717) is 0 Å². The number of hydrogen-bond donors (Lipinski definition) is 2. The van der Waals surface area contributed by atoms with Gasteiger partial charge >= 0.3 is 0 Å². The lowest BCUT2D eigenvalue weighted by atomic mass is 9.78. The van der Waals surface area contributed by atoms with E-state index in [1.165, 1.54) is 42.1 Å². The lowest BCUT2D eigenvalue weighted by molar-refractivity contribution is 0.456. The molecule has 1 aromatic carbocycles. The summed E-state index contributed by atoms with van der Waals surface area (Å²) in [6.45, 7) is 0.741. The first-order chi connectivity index (χ1) is 7.86. The number of nitrogens with zero attached hydrogens (tertiary/aromatic N) is 1. The molecule has 84 valence electrons. The molecule has 1 aliphatic rings. The van der Waals surface area contributed by atoms with Gasteiger partial charge in [0.25, 0.3) is 0 Å². The van der Waals surface area contributed by atoms with Gasteiger partial charge in [-0.05, 0) is 18.4 Å². The van der Waals surface area contributed by atoms with E-state index >= 15 is 0 Å². The molecule has 3 heteroatoms. The van der Waals surface area contributed by atoms with Gasteiger partial charge in [0, 0.05) is 17.3 Å². The molecule has 0 saturated heterocycles. The monoisotopic (exact) mass is 215 g/mol. The highest BCUT2D eigenvalue weighted by atomic mass is 15.1. The van der Waals surface area contributed by atoms with Crippen LogP contribution < -0.4 is 5.73 Å². The fourth-order valence-corrected chi connectivity index (χ4v) is 3.05. The van der Waals surface area contributed by atoms with Crippen molar-refractivity contribution in [1.29, 1.82) is 0 Å². The molecule has 1 aliphatic carbocycles. The van der Waals surface area contributed by atoms with Crippen LogP contribution in [0.4, 0.5) is 0 Å². The first-order valence-electron chi connectivity index (χ1n) is 5.98. The van der Waals surface area contributed by atoms with Crippen LogP contribution in [0.2, 0.25) is 0 Å². The van der Waals surface area contributed by atoms with Crippen molar-refractivity contribution < 1.29 is 0 Å². The number of aromatic nitrogens is 2. The summed E-state index contributed by atoms with van der Waals surface area (Å²) < 4.78 is 0. The molecular formula is C13H17N3. The highest BCUT2D eigenvalue weighted by Crippen LogP contribution is 2.42. The van der Waals surface area contributed by atoms with Gasteiger partial charge in [-0.25, -0.2) is 0 Å².